The van der Waals surface area contributed by atoms with Crippen LogP contribution in [0.5, 0.6) is 0 Å². The molecule has 0 radical (unpaired) electrons. The minimum Gasteiger partial charge on any atom is -0.461 e. The van der Waals surface area contributed by atoms with Crippen LogP contribution in [0, 0.1) is 11.8 Å². The van der Waals surface area contributed by atoms with Gasteiger partial charge in [0.2, 0.25) is 0 Å². The molecule has 3 aromatic rings. The van der Waals surface area contributed by atoms with Gasteiger partial charge in [0.15, 0.2) is 5.78 Å². The standard InChI is InChI=1S/C40H49NO7/c1-27(2)37(41-39(45)47-26-34-32-21-14-12-19-30(32)31-20-13-15-22-33(31)34)35(42)24-29(38(44)48-40(3,4)5)18-10-7-11-23-36(43)46-25-28-16-8-6-9-17-28/h6,8-9,12-17,19-22,27,29,34,37H,7,10-11,18,23-26H2,1-5H3,(H,41,45)/t29-,37+/m1/s1. The lowest BCUT2D eigenvalue weighted by Gasteiger charge is -2.26. The molecule has 0 saturated heterocycles. The molecule has 0 fully saturated rings. The van der Waals surface area contributed by atoms with Gasteiger partial charge in [0.1, 0.15) is 18.8 Å². The first-order chi connectivity index (χ1) is 22.9. The number of alkyl carbamates (subject to hydrolysis) is 1. The summed E-state index contributed by atoms with van der Waals surface area (Å²) < 4.78 is 16.7. The molecule has 0 aliphatic heterocycles. The predicted molar refractivity (Wildman–Crippen MR) is 185 cm³/mol. The normalized spacial score (nSPS) is 13.6. The lowest BCUT2D eigenvalue weighted by atomic mass is 9.89. The second-order valence-corrected chi connectivity index (χ2v) is 13.8. The molecule has 1 aliphatic carbocycles. The molecule has 0 spiro atoms. The molecule has 0 saturated carbocycles. The fourth-order valence-electron chi connectivity index (χ4n) is 6.09. The van der Waals surface area contributed by atoms with E-state index in [9.17, 15) is 19.2 Å². The lowest BCUT2D eigenvalue weighted by molar-refractivity contribution is -0.161. The summed E-state index contributed by atoms with van der Waals surface area (Å²) in [6.07, 6.45) is 1.91. The molecule has 2 atom stereocenters. The largest absolute Gasteiger partial charge is 0.461 e. The van der Waals surface area contributed by atoms with Gasteiger partial charge in [-0.15, -0.1) is 0 Å². The van der Waals surface area contributed by atoms with Crippen molar-refractivity contribution in [3.8, 4) is 11.1 Å². The third-order valence-electron chi connectivity index (χ3n) is 8.49. The maximum atomic E-state index is 13.6. The van der Waals surface area contributed by atoms with E-state index in [4.69, 9.17) is 14.2 Å². The number of esters is 2. The van der Waals surface area contributed by atoms with Crippen LogP contribution in [0.4, 0.5) is 4.79 Å². The number of nitrogens with one attached hydrogen (secondary N) is 1. The zero-order chi connectivity index (χ0) is 34.7. The van der Waals surface area contributed by atoms with E-state index in [1.807, 2.05) is 68.4 Å². The zero-order valence-corrected chi connectivity index (χ0v) is 28.8. The van der Waals surface area contributed by atoms with Crippen LogP contribution < -0.4 is 5.32 Å². The fourth-order valence-corrected chi connectivity index (χ4v) is 6.09. The van der Waals surface area contributed by atoms with Gasteiger partial charge in [-0.3, -0.25) is 14.4 Å². The number of ketones is 1. The third-order valence-corrected chi connectivity index (χ3v) is 8.49. The Morgan fingerprint density at radius 1 is 0.771 bits per heavy atom. The van der Waals surface area contributed by atoms with Gasteiger partial charge in [-0.25, -0.2) is 4.79 Å². The highest BCUT2D eigenvalue weighted by Gasteiger charge is 2.33. The quantitative estimate of drug-likeness (QED) is 0.0942. The van der Waals surface area contributed by atoms with Crippen molar-refractivity contribution < 1.29 is 33.4 Å². The molecule has 0 aromatic heterocycles. The van der Waals surface area contributed by atoms with Crippen molar-refractivity contribution >= 4 is 23.8 Å². The number of carbonyl (C=O) groups excluding carboxylic acids is 4. The van der Waals surface area contributed by atoms with Gasteiger partial charge in [0.05, 0.1) is 12.0 Å². The topological polar surface area (TPSA) is 108 Å². The molecule has 0 unspecified atom stereocenters. The van der Waals surface area contributed by atoms with Crippen molar-refractivity contribution in [3.63, 3.8) is 0 Å². The number of rotatable bonds is 16. The second-order valence-electron chi connectivity index (χ2n) is 13.8. The van der Waals surface area contributed by atoms with Crippen molar-refractivity contribution in [1.82, 2.24) is 5.32 Å². The average Bonchev–Trinajstić information content (AvgIpc) is 3.37. The maximum Gasteiger partial charge on any atom is 0.407 e. The van der Waals surface area contributed by atoms with Gasteiger partial charge in [0.25, 0.3) is 0 Å². The molecule has 0 bridgehead atoms. The number of carbonyl (C=O) groups is 4. The number of benzene rings is 3. The highest BCUT2D eigenvalue weighted by molar-refractivity contribution is 5.90. The van der Waals surface area contributed by atoms with Crippen LogP contribution in [-0.4, -0.2) is 42.1 Å². The Morgan fingerprint density at radius 2 is 1.38 bits per heavy atom. The van der Waals surface area contributed by atoms with E-state index >= 15 is 0 Å². The summed E-state index contributed by atoms with van der Waals surface area (Å²) in [7, 11) is 0. The van der Waals surface area contributed by atoms with E-state index in [0.717, 1.165) is 27.8 Å². The first kappa shape index (κ1) is 36.4. The van der Waals surface area contributed by atoms with Crippen LogP contribution in [0.25, 0.3) is 11.1 Å². The Bertz CT molecular complexity index is 1500. The van der Waals surface area contributed by atoms with Crippen molar-refractivity contribution in [2.75, 3.05) is 6.61 Å². The van der Waals surface area contributed by atoms with Crippen LogP contribution in [-0.2, 0) is 35.2 Å². The van der Waals surface area contributed by atoms with Gasteiger partial charge >= 0.3 is 18.0 Å². The van der Waals surface area contributed by atoms with Crippen LogP contribution in [0.15, 0.2) is 78.9 Å². The number of amides is 1. The van der Waals surface area contributed by atoms with Gasteiger partial charge in [0, 0.05) is 18.8 Å². The molecule has 3 aromatic carbocycles. The number of Topliss-reactive ketones (excluding diaryl/α,β-unsaturated/α-hetero) is 1. The van der Waals surface area contributed by atoms with Crippen molar-refractivity contribution in [3.05, 3.63) is 95.6 Å². The number of ether oxygens (including phenoxy) is 3. The summed E-state index contributed by atoms with van der Waals surface area (Å²) in [5.74, 6) is -1.96. The van der Waals surface area contributed by atoms with E-state index < -0.39 is 29.6 Å². The molecule has 48 heavy (non-hydrogen) atoms. The first-order valence-corrected chi connectivity index (χ1v) is 17.0. The minimum atomic E-state index is -0.829. The Labute approximate surface area is 284 Å². The summed E-state index contributed by atoms with van der Waals surface area (Å²) >= 11 is 0. The predicted octanol–water partition coefficient (Wildman–Crippen LogP) is 8.16. The maximum absolute atomic E-state index is 13.6. The lowest BCUT2D eigenvalue weighted by Crippen LogP contribution is -2.46. The molecule has 0 heterocycles. The first-order valence-electron chi connectivity index (χ1n) is 17.0. The summed E-state index contributed by atoms with van der Waals surface area (Å²) in [6.45, 7) is 9.46. The van der Waals surface area contributed by atoms with Gasteiger partial charge < -0.3 is 19.5 Å². The SMILES string of the molecule is CC(C)[C@H](NC(=O)OCC1c2ccccc2-c2ccccc21)C(=O)C[C@@H](CCCCCC(=O)OCc1ccccc1)C(=O)OC(C)(C)C. The molecule has 1 amide bonds. The highest BCUT2D eigenvalue weighted by Crippen LogP contribution is 2.44. The van der Waals surface area contributed by atoms with Crippen LogP contribution in [0.2, 0.25) is 0 Å². The number of hydrogen-bond acceptors (Lipinski definition) is 7. The molecular weight excluding hydrogens is 606 g/mol. The van der Waals surface area contributed by atoms with E-state index in [-0.39, 0.29) is 49.6 Å². The second kappa shape index (κ2) is 17.1. The Morgan fingerprint density at radius 3 is 1.98 bits per heavy atom. The van der Waals surface area contributed by atoms with E-state index in [1.165, 1.54) is 0 Å². The Kier molecular flexibility index (Phi) is 13.0. The van der Waals surface area contributed by atoms with E-state index in [0.29, 0.717) is 25.7 Å². The highest BCUT2D eigenvalue weighted by atomic mass is 16.6. The summed E-state index contributed by atoms with van der Waals surface area (Å²) in [4.78, 5) is 52.1. The van der Waals surface area contributed by atoms with E-state index in [1.54, 1.807) is 20.8 Å². The fraction of sp³-hybridized carbons (Fsp3) is 0.450. The van der Waals surface area contributed by atoms with Crippen LogP contribution >= 0.6 is 0 Å². The molecule has 256 valence electrons. The minimum absolute atomic E-state index is 0.0689. The summed E-state index contributed by atoms with van der Waals surface area (Å²) in [5.41, 5.74) is 4.70. The van der Waals surface area contributed by atoms with E-state index in [2.05, 4.69) is 29.6 Å². The van der Waals surface area contributed by atoms with Crippen LogP contribution in [0.1, 0.15) is 95.8 Å². The third kappa shape index (κ3) is 10.5. The van der Waals surface area contributed by atoms with Gasteiger partial charge in [-0.1, -0.05) is 106 Å². The average molecular weight is 656 g/mol. The smallest absolute Gasteiger partial charge is 0.407 e. The molecule has 8 heteroatoms. The van der Waals surface area contributed by atoms with Gasteiger partial charge in [-0.2, -0.15) is 0 Å². The monoisotopic (exact) mass is 655 g/mol. The number of unbranched alkanes of at least 4 members (excludes halogenated alkanes) is 2. The molecule has 1 aliphatic rings. The molecule has 8 nitrogen and oxygen atoms in total. The van der Waals surface area contributed by atoms with Crippen LogP contribution in [0.3, 0.4) is 0 Å². The van der Waals surface area contributed by atoms with Gasteiger partial charge in [-0.05, 0) is 67.3 Å². The molecule has 4 rings (SSSR count). The van der Waals surface area contributed by atoms with Crippen molar-refractivity contribution in [2.45, 2.75) is 97.3 Å². The molecule has 1 N–H and O–H groups in total. The Hall–Kier alpha value is -4.46. The van der Waals surface area contributed by atoms with Crippen molar-refractivity contribution in [2.24, 2.45) is 11.8 Å². The summed E-state index contributed by atoms with van der Waals surface area (Å²) in [5, 5.41) is 2.78. The molecular formula is C40H49NO7. The number of hydrogen-bond donors (Lipinski definition) is 1. The van der Waals surface area contributed by atoms with Crippen molar-refractivity contribution in [1.29, 1.82) is 0 Å². The number of fused-ring (bicyclic) bond motifs is 3. The Balaban J connectivity index is 1.29. The zero-order valence-electron chi connectivity index (χ0n) is 28.8. The summed E-state index contributed by atoms with van der Waals surface area (Å²) in [6, 6.07) is 24.9.